The Balaban J connectivity index is 2.00. The molecule has 0 aliphatic carbocycles. The molecule has 2 amide bonds. The van der Waals surface area contributed by atoms with Crippen LogP contribution in [0.5, 0.6) is 11.5 Å². The Morgan fingerprint density at radius 2 is 1.38 bits per heavy atom. The van der Waals surface area contributed by atoms with Crippen LogP contribution < -0.4 is 19.1 Å². The summed E-state index contributed by atoms with van der Waals surface area (Å²) in [5.74, 6) is 0.276. The number of hydrogen-bond acceptors (Lipinski definition) is 6. The highest BCUT2D eigenvalue weighted by Gasteiger charge is 2.33. The van der Waals surface area contributed by atoms with Crippen molar-refractivity contribution in [2.24, 2.45) is 0 Å². The fraction of sp³-hybridized carbons (Fsp3) is 0.333. The van der Waals surface area contributed by atoms with E-state index < -0.39 is 34.1 Å². The quantitative estimate of drug-likeness (QED) is 0.372. The minimum Gasteiger partial charge on any atom is -0.497 e. The Morgan fingerprint density at radius 1 is 0.850 bits per heavy atom. The van der Waals surface area contributed by atoms with Crippen LogP contribution in [0.15, 0.2) is 83.8 Å². The third kappa shape index (κ3) is 7.75. The standard InChI is InChI=1S/C30H37N3O6S/c1-22(29(35)31-30(2,3)4)32(20-23-12-14-25(38-5)15-13-23)28(34)21-33(24-10-8-7-9-11-24)40(36,37)27-18-16-26(39-6)17-19-27/h7-19,22H,20-21H2,1-6H3,(H,31,35)/t22-/m1/s1. The van der Waals surface area contributed by atoms with Crippen molar-refractivity contribution in [3.63, 3.8) is 0 Å². The van der Waals surface area contributed by atoms with Crippen molar-refractivity contribution < 1.29 is 27.5 Å². The molecular formula is C30H37N3O6S. The smallest absolute Gasteiger partial charge is 0.264 e. The molecule has 0 spiro atoms. The zero-order valence-electron chi connectivity index (χ0n) is 23.7. The van der Waals surface area contributed by atoms with E-state index in [1.165, 1.54) is 24.1 Å². The van der Waals surface area contributed by atoms with E-state index in [1.54, 1.807) is 80.8 Å². The van der Waals surface area contributed by atoms with Gasteiger partial charge in [-0.3, -0.25) is 13.9 Å². The van der Waals surface area contributed by atoms with Crippen molar-refractivity contribution in [2.45, 2.75) is 50.7 Å². The number of amides is 2. The highest BCUT2D eigenvalue weighted by molar-refractivity contribution is 7.92. The summed E-state index contributed by atoms with van der Waals surface area (Å²) in [5.41, 5.74) is 0.560. The predicted molar refractivity (Wildman–Crippen MR) is 155 cm³/mol. The molecule has 1 atom stereocenters. The van der Waals surface area contributed by atoms with Gasteiger partial charge in [0, 0.05) is 12.1 Å². The van der Waals surface area contributed by atoms with Gasteiger partial charge in [-0.2, -0.15) is 0 Å². The lowest BCUT2D eigenvalue weighted by atomic mass is 10.1. The molecule has 0 aromatic heterocycles. The number of methoxy groups -OCH3 is 2. The molecule has 40 heavy (non-hydrogen) atoms. The summed E-state index contributed by atoms with van der Waals surface area (Å²) in [5, 5.41) is 2.91. The number of benzene rings is 3. The summed E-state index contributed by atoms with van der Waals surface area (Å²) in [4.78, 5) is 28.5. The molecule has 0 radical (unpaired) electrons. The first-order valence-electron chi connectivity index (χ1n) is 12.8. The summed E-state index contributed by atoms with van der Waals surface area (Å²) >= 11 is 0. The van der Waals surface area contributed by atoms with E-state index in [2.05, 4.69) is 5.32 Å². The van der Waals surface area contributed by atoms with Crippen LogP contribution in [0, 0.1) is 0 Å². The van der Waals surface area contributed by atoms with E-state index >= 15 is 0 Å². The molecule has 0 fully saturated rings. The number of rotatable bonds is 11. The number of anilines is 1. The van der Waals surface area contributed by atoms with Gasteiger partial charge in [-0.15, -0.1) is 0 Å². The third-order valence-electron chi connectivity index (χ3n) is 6.15. The molecular weight excluding hydrogens is 530 g/mol. The maximum Gasteiger partial charge on any atom is 0.264 e. The van der Waals surface area contributed by atoms with E-state index in [1.807, 2.05) is 20.8 Å². The normalized spacial score (nSPS) is 12.2. The number of nitrogens with zero attached hydrogens (tertiary/aromatic N) is 2. The number of hydrogen-bond donors (Lipinski definition) is 1. The van der Waals surface area contributed by atoms with E-state index in [-0.39, 0.29) is 17.3 Å². The largest absolute Gasteiger partial charge is 0.497 e. The fourth-order valence-electron chi connectivity index (χ4n) is 3.98. The Hall–Kier alpha value is -4.05. The van der Waals surface area contributed by atoms with E-state index in [0.717, 1.165) is 9.87 Å². The number of para-hydroxylation sites is 1. The minimum absolute atomic E-state index is 0.00480. The topological polar surface area (TPSA) is 105 Å². The number of carbonyl (C=O) groups is 2. The van der Waals surface area contributed by atoms with Gasteiger partial charge in [-0.05, 0) is 81.8 Å². The highest BCUT2D eigenvalue weighted by Crippen LogP contribution is 2.26. The van der Waals surface area contributed by atoms with E-state index in [0.29, 0.717) is 17.2 Å². The molecule has 0 bridgehead atoms. The Bertz CT molecular complexity index is 1390. The maximum atomic E-state index is 13.9. The molecule has 0 saturated carbocycles. The molecule has 10 heteroatoms. The second kappa shape index (κ2) is 12.9. The molecule has 0 saturated heterocycles. The molecule has 3 aromatic carbocycles. The monoisotopic (exact) mass is 567 g/mol. The van der Waals surface area contributed by atoms with E-state index in [4.69, 9.17) is 9.47 Å². The molecule has 0 unspecified atom stereocenters. The first-order chi connectivity index (χ1) is 18.9. The minimum atomic E-state index is -4.15. The van der Waals surface area contributed by atoms with Crippen molar-refractivity contribution in [3.8, 4) is 11.5 Å². The summed E-state index contributed by atoms with van der Waals surface area (Å²) < 4.78 is 39.1. The molecule has 1 N–H and O–H groups in total. The number of carbonyl (C=O) groups excluding carboxylic acids is 2. The van der Waals surface area contributed by atoms with Gasteiger partial charge < -0.3 is 19.7 Å². The molecule has 9 nitrogen and oxygen atoms in total. The van der Waals surface area contributed by atoms with Crippen LogP contribution in [-0.4, -0.2) is 57.5 Å². The summed E-state index contributed by atoms with van der Waals surface area (Å²) in [6.45, 7) is 6.77. The number of nitrogens with one attached hydrogen (secondary N) is 1. The average molecular weight is 568 g/mol. The van der Waals surface area contributed by atoms with Crippen LogP contribution in [0.1, 0.15) is 33.3 Å². The maximum absolute atomic E-state index is 13.9. The van der Waals surface area contributed by atoms with Crippen molar-refractivity contribution >= 4 is 27.5 Å². The van der Waals surface area contributed by atoms with Crippen molar-refractivity contribution in [1.82, 2.24) is 10.2 Å². The van der Waals surface area contributed by atoms with Gasteiger partial charge >= 0.3 is 0 Å². The van der Waals surface area contributed by atoms with Gasteiger partial charge in [-0.1, -0.05) is 30.3 Å². The zero-order valence-corrected chi connectivity index (χ0v) is 24.6. The lowest BCUT2D eigenvalue weighted by Gasteiger charge is -2.33. The van der Waals surface area contributed by atoms with Crippen LogP contribution in [0.3, 0.4) is 0 Å². The number of ether oxygens (including phenoxy) is 2. The lowest BCUT2D eigenvalue weighted by Crippen LogP contribution is -2.54. The predicted octanol–water partition coefficient (Wildman–Crippen LogP) is 4.23. The van der Waals surface area contributed by atoms with Gasteiger partial charge in [0.15, 0.2) is 0 Å². The highest BCUT2D eigenvalue weighted by atomic mass is 32.2. The second-order valence-electron chi connectivity index (χ2n) is 10.3. The molecule has 0 aliphatic heterocycles. The van der Waals surface area contributed by atoms with Crippen molar-refractivity contribution in [2.75, 3.05) is 25.1 Å². The molecule has 0 heterocycles. The summed E-state index contributed by atoms with van der Waals surface area (Å²) in [6.07, 6.45) is 0. The van der Waals surface area contributed by atoms with E-state index in [9.17, 15) is 18.0 Å². The third-order valence-corrected chi connectivity index (χ3v) is 7.94. The first kappa shape index (κ1) is 30.5. The van der Waals surface area contributed by atoms with Crippen LogP contribution >= 0.6 is 0 Å². The number of sulfonamides is 1. The van der Waals surface area contributed by atoms with Crippen LogP contribution in [0.4, 0.5) is 5.69 Å². The Labute approximate surface area is 236 Å². The SMILES string of the molecule is COc1ccc(CN(C(=O)CN(c2ccccc2)S(=O)(=O)c2ccc(OC)cc2)[C@H](C)C(=O)NC(C)(C)C)cc1. The molecule has 3 aromatic rings. The van der Waals surface area contributed by atoms with Crippen LogP contribution in [0.25, 0.3) is 0 Å². The van der Waals surface area contributed by atoms with Crippen molar-refractivity contribution in [1.29, 1.82) is 0 Å². The van der Waals surface area contributed by atoms with Gasteiger partial charge in [0.05, 0.1) is 24.8 Å². The first-order valence-corrected chi connectivity index (χ1v) is 14.3. The van der Waals surface area contributed by atoms with Crippen molar-refractivity contribution in [3.05, 3.63) is 84.4 Å². The molecule has 0 aliphatic rings. The Kier molecular flexibility index (Phi) is 9.81. The summed E-state index contributed by atoms with van der Waals surface area (Å²) in [6, 6.07) is 20.6. The molecule has 214 valence electrons. The second-order valence-corrected chi connectivity index (χ2v) is 12.2. The zero-order chi connectivity index (χ0) is 29.5. The summed E-state index contributed by atoms with van der Waals surface area (Å²) in [7, 11) is -1.10. The van der Waals surface area contributed by atoms with Gasteiger partial charge in [0.1, 0.15) is 24.1 Å². The van der Waals surface area contributed by atoms with Crippen LogP contribution in [0.2, 0.25) is 0 Å². The van der Waals surface area contributed by atoms with Gasteiger partial charge in [0.25, 0.3) is 10.0 Å². The molecule has 3 rings (SSSR count). The van der Waals surface area contributed by atoms with Gasteiger partial charge in [-0.25, -0.2) is 8.42 Å². The average Bonchev–Trinajstić information content (AvgIpc) is 2.94. The fourth-order valence-corrected chi connectivity index (χ4v) is 5.40. The van der Waals surface area contributed by atoms with Gasteiger partial charge in [0.2, 0.25) is 11.8 Å². The lowest BCUT2D eigenvalue weighted by molar-refractivity contribution is -0.140. The van der Waals surface area contributed by atoms with Crippen LogP contribution in [-0.2, 0) is 26.2 Å². The Morgan fingerprint density at radius 3 is 1.88 bits per heavy atom.